The van der Waals surface area contributed by atoms with Gasteiger partial charge in [0, 0.05) is 12.6 Å². The van der Waals surface area contributed by atoms with Crippen molar-refractivity contribution in [2.24, 2.45) is 11.3 Å². The van der Waals surface area contributed by atoms with E-state index in [0.717, 1.165) is 38.8 Å². The van der Waals surface area contributed by atoms with Gasteiger partial charge in [0.2, 0.25) is 0 Å². The maximum Gasteiger partial charge on any atom is 0.310 e. The number of carboxylic acid groups (broad SMARTS) is 1. The lowest BCUT2D eigenvalue weighted by Crippen LogP contribution is -2.47. The summed E-state index contributed by atoms with van der Waals surface area (Å²) in [5, 5.41) is 9.65. The second kappa shape index (κ2) is 5.60. The summed E-state index contributed by atoms with van der Waals surface area (Å²) in [4.78, 5) is 14.2. The number of nitrogens with zero attached hydrogens (tertiary/aromatic N) is 1. The van der Waals surface area contributed by atoms with Gasteiger partial charge in [0.25, 0.3) is 0 Å². The van der Waals surface area contributed by atoms with Crippen LogP contribution in [0.1, 0.15) is 58.8 Å². The fourth-order valence-corrected chi connectivity index (χ4v) is 3.86. The summed E-state index contributed by atoms with van der Waals surface area (Å²) in [6.07, 6.45) is 7.63. The summed E-state index contributed by atoms with van der Waals surface area (Å²) in [7, 11) is 0. The van der Waals surface area contributed by atoms with Gasteiger partial charge in [0.1, 0.15) is 0 Å². The molecule has 3 heteroatoms. The van der Waals surface area contributed by atoms with Crippen molar-refractivity contribution in [2.75, 3.05) is 13.1 Å². The Balaban J connectivity index is 2.06. The third-order valence-electron chi connectivity index (χ3n) is 4.95. The quantitative estimate of drug-likeness (QED) is 0.836. The molecule has 0 amide bonds. The fourth-order valence-electron chi connectivity index (χ4n) is 3.86. The molecular formula is C15H27NO2. The number of rotatable bonds is 4. The summed E-state index contributed by atoms with van der Waals surface area (Å²) in [5.74, 6) is 0.0820. The molecule has 0 radical (unpaired) electrons. The molecule has 2 aliphatic rings. The Kier molecular flexibility index (Phi) is 4.31. The van der Waals surface area contributed by atoms with E-state index in [4.69, 9.17) is 0 Å². The summed E-state index contributed by atoms with van der Waals surface area (Å²) in [6.45, 7) is 6.40. The van der Waals surface area contributed by atoms with E-state index in [1.54, 1.807) is 0 Å². The highest BCUT2D eigenvalue weighted by molar-refractivity contribution is 5.75. The van der Waals surface area contributed by atoms with Crippen LogP contribution in [0.2, 0.25) is 0 Å². The Hall–Kier alpha value is -0.570. The maximum atomic E-state index is 11.7. The van der Waals surface area contributed by atoms with Gasteiger partial charge in [-0.3, -0.25) is 9.69 Å². The van der Waals surface area contributed by atoms with Crippen LogP contribution in [0.25, 0.3) is 0 Å². The summed E-state index contributed by atoms with van der Waals surface area (Å²) in [5.41, 5.74) is -0.449. The Morgan fingerprint density at radius 2 is 1.94 bits per heavy atom. The van der Waals surface area contributed by atoms with Crippen molar-refractivity contribution in [1.29, 1.82) is 0 Å². The highest BCUT2D eigenvalue weighted by Crippen LogP contribution is 2.39. The zero-order valence-electron chi connectivity index (χ0n) is 11.8. The minimum atomic E-state index is -0.559. The van der Waals surface area contributed by atoms with Crippen molar-refractivity contribution in [1.82, 2.24) is 4.90 Å². The van der Waals surface area contributed by atoms with Crippen LogP contribution in [0.4, 0.5) is 0 Å². The lowest BCUT2D eigenvalue weighted by atomic mass is 9.73. The van der Waals surface area contributed by atoms with Crippen LogP contribution in [0.5, 0.6) is 0 Å². The molecule has 1 aliphatic heterocycles. The van der Waals surface area contributed by atoms with Crippen molar-refractivity contribution in [3.63, 3.8) is 0 Å². The molecule has 1 aliphatic carbocycles. The Labute approximate surface area is 111 Å². The highest BCUT2D eigenvalue weighted by Gasteiger charge is 2.43. The number of hydrogen-bond acceptors (Lipinski definition) is 2. The van der Waals surface area contributed by atoms with Crippen LogP contribution in [0.15, 0.2) is 0 Å². The summed E-state index contributed by atoms with van der Waals surface area (Å²) < 4.78 is 0. The van der Waals surface area contributed by atoms with Crippen LogP contribution in [-0.4, -0.2) is 35.1 Å². The molecule has 1 atom stereocenters. The predicted molar refractivity (Wildman–Crippen MR) is 72.6 cm³/mol. The standard InChI is InChI=1S/C15H27NO2/c1-12(2)13-7-6-10-16(13)11-15(14(17)18)8-4-3-5-9-15/h12-13H,3-11H2,1-2H3,(H,17,18). The van der Waals surface area contributed by atoms with Gasteiger partial charge >= 0.3 is 5.97 Å². The SMILES string of the molecule is CC(C)C1CCCN1CC1(C(=O)O)CCCCC1. The fraction of sp³-hybridized carbons (Fsp3) is 0.933. The molecule has 0 aromatic carbocycles. The molecule has 1 N–H and O–H groups in total. The van der Waals surface area contributed by atoms with Crippen LogP contribution < -0.4 is 0 Å². The van der Waals surface area contributed by atoms with Gasteiger partial charge in [-0.25, -0.2) is 0 Å². The molecule has 1 heterocycles. The molecule has 1 unspecified atom stereocenters. The number of hydrogen-bond donors (Lipinski definition) is 1. The molecule has 0 aromatic heterocycles. The predicted octanol–water partition coefficient (Wildman–Crippen LogP) is 3.14. The van der Waals surface area contributed by atoms with Crippen LogP contribution in [-0.2, 0) is 4.79 Å². The average Bonchev–Trinajstić information content (AvgIpc) is 2.78. The van der Waals surface area contributed by atoms with Gasteiger partial charge < -0.3 is 5.11 Å². The zero-order valence-corrected chi connectivity index (χ0v) is 11.8. The molecular weight excluding hydrogens is 226 g/mol. The van der Waals surface area contributed by atoms with E-state index in [-0.39, 0.29) is 0 Å². The normalized spacial score (nSPS) is 28.7. The molecule has 1 saturated heterocycles. The van der Waals surface area contributed by atoms with E-state index >= 15 is 0 Å². The Morgan fingerprint density at radius 3 is 2.50 bits per heavy atom. The van der Waals surface area contributed by atoms with E-state index in [1.165, 1.54) is 19.3 Å². The molecule has 1 saturated carbocycles. The van der Waals surface area contributed by atoms with E-state index < -0.39 is 11.4 Å². The van der Waals surface area contributed by atoms with Crippen molar-refractivity contribution in [3.05, 3.63) is 0 Å². The lowest BCUT2D eigenvalue weighted by Gasteiger charge is -2.39. The molecule has 0 bridgehead atoms. The van der Waals surface area contributed by atoms with E-state index in [0.29, 0.717) is 12.0 Å². The third kappa shape index (κ3) is 2.71. The third-order valence-corrected chi connectivity index (χ3v) is 4.95. The smallest absolute Gasteiger partial charge is 0.310 e. The van der Waals surface area contributed by atoms with Crippen LogP contribution in [0.3, 0.4) is 0 Å². The van der Waals surface area contributed by atoms with Gasteiger partial charge in [-0.2, -0.15) is 0 Å². The van der Waals surface area contributed by atoms with Crippen molar-refractivity contribution in [3.8, 4) is 0 Å². The minimum absolute atomic E-state index is 0.449. The molecule has 18 heavy (non-hydrogen) atoms. The molecule has 2 fully saturated rings. The summed E-state index contributed by atoms with van der Waals surface area (Å²) in [6, 6.07) is 0.600. The first-order chi connectivity index (χ1) is 8.55. The molecule has 2 rings (SSSR count). The zero-order chi connectivity index (χ0) is 13.2. The second-order valence-corrected chi connectivity index (χ2v) is 6.57. The van der Waals surface area contributed by atoms with Crippen molar-refractivity contribution >= 4 is 5.97 Å². The van der Waals surface area contributed by atoms with Gasteiger partial charge in [0.15, 0.2) is 0 Å². The topological polar surface area (TPSA) is 40.5 Å². The number of carboxylic acids is 1. The van der Waals surface area contributed by atoms with E-state index in [2.05, 4.69) is 18.7 Å². The van der Waals surface area contributed by atoms with Crippen LogP contribution >= 0.6 is 0 Å². The minimum Gasteiger partial charge on any atom is -0.481 e. The Bertz CT molecular complexity index is 295. The van der Waals surface area contributed by atoms with Crippen LogP contribution in [0, 0.1) is 11.3 Å². The first kappa shape index (κ1) is 13.9. The van der Waals surface area contributed by atoms with Gasteiger partial charge in [-0.15, -0.1) is 0 Å². The van der Waals surface area contributed by atoms with Gasteiger partial charge in [-0.1, -0.05) is 33.1 Å². The monoisotopic (exact) mass is 253 g/mol. The molecule has 3 nitrogen and oxygen atoms in total. The lowest BCUT2D eigenvalue weighted by molar-refractivity contribution is -0.152. The largest absolute Gasteiger partial charge is 0.481 e. The van der Waals surface area contributed by atoms with Crippen molar-refractivity contribution in [2.45, 2.75) is 64.8 Å². The average molecular weight is 253 g/mol. The molecule has 104 valence electrons. The highest BCUT2D eigenvalue weighted by atomic mass is 16.4. The first-order valence-corrected chi connectivity index (χ1v) is 7.53. The Morgan fingerprint density at radius 1 is 1.28 bits per heavy atom. The maximum absolute atomic E-state index is 11.7. The molecule has 0 spiro atoms. The van der Waals surface area contributed by atoms with Gasteiger partial charge in [0.05, 0.1) is 5.41 Å². The number of carbonyl (C=O) groups is 1. The number of likely N-dealkylation sites (tertiary alicyclic amines) is 1. The van der Waals surface area contributed by atoms with Gasteiger partial charge in [-0.05, 0) is 38.1 Å². The summed E-state index contributed by atoms with van der Waals surface area (Å²) >= 11 is 0. The number of aliphatic carboxylic acids is 1. The first-order valence-electron chi connectivity index (χ1n) is 7.53. The van der Waals surface area contributed by atoms with E-state index in [9.17, 15) is 9.90 Å². The second-order valence-electron chi connectivity index (χ2n) is 6.57. The van der Waals surface area contributed by atoms with E-state index in [1.807, 2.05) is 0 Å². The van der Waals surface area contributed by atoms with Crippen molar-refractivity contribution < 1.29 is 9.90 Å². The molecule has 0 aromatic rings.